The van der Waals surface area contributed by atoms with Crippen molar-refractivity contribution in [2.24, 2.45) is 0 Å². The number of halogens is 3. The first-order valence-electron chi connectivity index (χ1n) is 7.33. The van der Waals surface area contributed by atoms with Crippen molar-refractivity contribution in [1.29, 1.82) is 0 Å². The second-order valence-electron chi connectivity index (χ2n) is 5.13. The van der Waals surface area contributed by atoms with E-state index in [4.69, 9.17) is 4.74 Å². The van der Waals surface area contributed by atoms with Gasteiger partial charge in [-0.1, -0.05) is 0 Å². The first kappa shape index (κ1) is 19.9. The summed E-state index contributed by atoms with van der Waals surface area (Å²) in [5.41, 5.74) is 0.000994. The van der Waals surface area contributed by atoms with Crippen LogP contribution in [0.5, 0.6) is 11.6 Å². The lowest BCUT2D eigenvalue weighted by Crippen LogP contribution is -2.19. The minimum absolute atomic E-state index is 0.00983. The molecule has 0 unspecified atom stereocenters. The lowest BCUT2D eigenvalue weighted by Gasteiger charge is -2.10. The van der Waals surface area contributed by atoms with E-state index >= 15 is 0 Å². The maximum absolute atomic E-state index is 12.1. The summed E-state index contributed by atoms with van der Waals surface area (Å²) < 4.78 is 50.6. The molecular weight excluding hydrogens is 373 g/mol. The van der Waals surface area contributed by atoms with E-state index in [0.717, 1.165) is 13.2 Å². The Balaban J connectivity index is 2.05. The van der Waals surface area contributed by atoms with E-state index in [-0.39, 0.29) is 23.8 Å². The molecule has 1 heterocycles. The fourth-order valence-corrected chi connectivity index (χ4v) is 1.93. The SMILES string of the molecule is COC(=O)c1ccc(OCc2ccc(OCC(F)(F)F)nc2)c([N+](=O)[O-])c1. The minimum Gasteiger partial charge on any atom is -0.482 e. The molecule has 0 aliphatic heterocycles. The lowest BCUT2D eigenvalue weighted by atomic mass is 10.2. The van der Waals surface area contributed by atoms with Gasteiger partial charge in [-0.2, -0.15) is 13.2 Å². The van der Waals surface area contributed by atoms with Crippen LogP contribution in [0.3, 0.4) is 0 Å². The number of esters is 1. The monoisotopic (exact) mass is 386 g/mol. The van der Waals surface area contributed by atoms with Gasteiger partial charge in [-0.05, 0) is 18.2 Å². The number of pyridine rings is 1. The van der Waals surface area contributed by atoms with Gasteiger partial charge < -0.3 is 14.2 Å². The smallest absolute Gasteiger partial charge is 0.422 e. The predicted molar refractivity (Wildman–Crippen MR) is 84.6 cm³/mol. The Bertz CT molecular complexity index is 824. The van der Waals surface area contributed by atoms with Crippen LogP contribution < -0.4 is 9.47 Å². The molecule has 11 heteroatoms. The summed E-state index contributed by atoms with van der Waals surface area (Å²) in [5, 5.41) is 11.1. The molecule has 0 atom stereocenters. The van der Waals surface area contributed by atoms with Crippen molar-refractivity contribution in [3.05, 3.63) is 57.8 Å². The molecule has 0 aliphatic carbocycles. The zero-order valence-electron chi connectivity index (χ0n) is 13.9. The third-order valence-corrected chi connectivity index (χ3v) is 3.15. The molecule has 1 aromatic heterocycles. The van der Waals surface area contributed by atoms with E-state index < -0.39 is 29.4 Å². The zero-order valence-corrected chi connectivity index (χ0v) is 13.9. The number of hydrogen-bond donors (Lipinski definition) is 0. The average Bonchev–Trinajstić information content (AvgIpc) is 2.64. The predicted octanol–water partition coefficient (Wildman–Crippen LogP) is 3.30. The average molecular weight is 386 g/mol. The largest absolute Gasteiger partial charge is 0.482 e. The van der Waals surface area contributed by atoms with E-state index in [1.54, 1.807) is 0 Å². The number of nitrogens with zero attached hydrogens (tertiary/aromatic N) is 2. The van der Waals surface area contributed by atoms with Gasteiger partial charge in [0, 0.05) is 23.9 Å². The lowest BCUT2D eigenvalue weighted by molar-refractivity contribution is -0.386. The summed E-state index contributed by atoms with van der Waals surface area (Å²) in [6, 6.07) is 6.21. The molecule has 27 heavy (non-hydrogen) atoms. The maximum atomic E-state index is 12.1. The zero-order chi connectivity index (χ0) is 20.0. The third-order valence-electron chi connectivity index (χ3n) is 3.15. The number of methoxy groups -OCH3 is 1. The minimum atomic E-state index is -4.47. The molecular formula is C16H13F3N2O6. The van der Waals surface area contributed by atoms with E-state index in [0.29, 0.717) is 5.56 Å². The van der Waals surface area contributed by atoms with Gasteiger partial charge in [0.1, 0.15) is 6.61 Å². The summed E-state index contributed by atoms with van der Waals surface area (Å²) >= 11 is 0. The van der Waals surface area contributed by atoms with Gasteiger partial charge in [-0.3, -0.25) is 10.1 Å². The van der Waals surface area contributed by atoms with Crippen molar-refractivity contribution in [3.8, 4) is 11.6 Å². The summed E-state index contributed by atoms with van der Waals surface area (Å²) in [5.74, 6) is -1.04. The molecule has 0 fully saturated rings. The Labute approximate surface area is 150 Å². The number of ether oxygens (including phenoxy) is 3. The third kappa shape index (κ3) is 5.83. The number of aromatic nitrogens is 1. The van der Waals surface area contributed by atoms with Crippen LogP contribution in [-0.4, -0.2) is 35.8 Å². The van der Waals surface area contributed by atoms with Crippen LogP contribution in [0.25, 0.3) is 0 Å². The van der Waals surface area contributed by atoms with Crippen LogP contribution in [0.1, 0.15) is 15.9 Å². The number of carbonyl (C=O) groups excluding carboxylic acids is 1. The molecule has 0 bridgehead atoms. The van der Waals surface area contributed by atoms with Crippen LogP contribution in [-0.2, 0) is 11.3 Å². The topological polar surface area (TPSA) is 101 Å². The highest BCUT2D eigenvalue weighted by molar-refractivity contribution is 5.90. The molecule has 144 valence electrons. The van der Waals surface area contributed by atoms with Crippen LogP contribution >= 0.6 is 0 Å². The van der Waals surface area contributed by atoms with E-state index in [9.17, 15) is 28.1 Å². The molecule has 2 aromatic rings. The summed E-state index contributed by atoms with van der Waals surface area (Å²) in [4.78, 5) is 25.6. The second-order valence-corrected chi connectivity index (χ2v) is 5.13. The number of benzene rings is 1. The van der Waals surface area contributed by atoms with E-state index in [1.165, 1.54) is 30.5 Å². The van der Waals surface area contributed by atoms with Crippen molar-refractivity contribution in [1.82, 2.24) is 4.98 Å². The highest BCUT2D eigenvalue weighted by Gasteiger charge is 2.28. The Morgan fingerprint density at radius 2 is 1.96 bits per heavy atom. The maximum Gasteiger partial charge on any atom is 0.422 e. The van der Waals surface area contributed by atoms with Gasteiger partial charge in [-0.15, -0.1) is 0 Å². The van der Waals surface area contributed by atoms with E-state index in [1.807, 2.05) is 0 Å². The number of carbonyl (C=O) groups is 1. The fraction of sp³-hybridized carbons (Fsp3) is 0.250. The van der Waals surface area contributed by atoms with Crippen molar-refractivity contribution in [3.63, 3.8) is 0 Å². The summed E-state index contributed by atoms with van der Waals surface area (Å²) in [6.45, 7) is -1.60. The van der Waals surface area contributed by atoms with Crippen LogP contribution in [0.15, 0.2) is 36.5 Å². The van der Waals surface area contributed by atoms with Crippen molar-refractivity contribution in [2.75, 3.05) is 13.7 Å². The van der Waals surface area contributed by atoms with Crippen molar-refractivity contribution < 1.29 is 37.1 Å². The van der Waals surface area contributed by atoms with Crippen LogP contribution in [0, 0.1) is 10.1 Å². The number of hydrogen-bond acceptors (Lipinski definition) is 7. The molecule has 0 radical (unpaired) electrons. The highest BCUT2D eigenvalue weighted by atomic mass is 19.4. The molecule has 2 rings (SSSR count). The van der Waals surface area contributed by atoms with Gasteiger partial charge in [-0.25, -0.2) is 9.78 Å². The fourth-order valence-electron chi connectivity index (χ4n) is 1.93. The number of alkyl halides is 3. The number of nitro benzene ring substituents is 1. The number of nitro groups is 1. The second kappa shape index (κ2) is 8.34. The normalized spacial score (nSPS) is 11.0. The van der Waals surface area contributed by atoms with Crippen LogP contribution in [0.2, 0.25) is 0 Å². The molecule has 8 nitrogen and oxygen atoms in total. The Morgan fingerprint density at radius 3 is 2.52 bits per heavy atom. The Morgan fingerprint density at radius 1 is 1.22 bits per heavy atom. The number of rotatable bonds is 7. The quantitative estimate of drug-likeness (QED) is 0.409. The first-order chi connectivity index (χ1) is 12.7. The Kier molecular flexibility index (Phi) is 6.16. The molecule has 0 saturated heterocycles. The highest BCUT2D eigenvalue weighted by Crippen LogP contribution is 2.29. The summed E-state index contributed by atoms with van der Waals surface area (Å²) in [7, 11) is 1.15. The molecule has 1 aromatic carbocycles. The van der Waals surface area contributed by atoms with Gasteiger partial charge in [0.2, 0.25) is 5.88 Å². The Hall–Kier alpha value is -3.37. The van der Waals surface area contributed by atoms with E-state index in [2.05, 4.69) is 14.5 Å². The van der Waals surface area contributed by atoms with Gasteiger partial charge in [0.05, 0.1) is 17.6 Å². The standard InChI is InChI=1S/C16H13F3N2O6/c1-25-15(22)11-3-4-13(12(6-11)21(23)24)26-8-10-2-5-14(20-7-10)27-9-16(17,18)19/h2-7H,8-9H2,1H3. The molecule has 0 amide bonds. The summed E-state index contributed by atoms with van der Waals surface area (Å²) in [6.07, 6.45) is -3.25. The first-order valence-corrected chi connectivity index (χ1v) is 7.33. The molecule has 0 N–H and O–H groups in total. The molecule has 0 aliphatic rings. The van der Waals surface area contributed by atoms with Crippen LogP contribution in [0.4, 0.5) is 18.9 Å². The van der Waals surface area contributed by atoms with Gasteiger partial charge >= 0.3 is 17.8 Å². The molecule has 0 saturated carbocycles. The van der Waals surface area contributed by atoms with Gasteiger partial charge in [0.25, 0.3) is 0 Å². The van der Waals surface area contributed by atoms with Gasteiger partial charge in [0.15, 0.2) is 12.4 Å². The van der Waals surface area contributed by atoms with Crippen molar-refractivity contribution >= 4 is 11.7 Å². The van der Waals surface area contributed by atoms with Crippen molar-refractivity contribution in [2.45, 2.75) is 12.8 Å². The molecule has 0 spiro atoms.